The smallest absolute Gasteiger partial charge is 0.317 e. The van der Waals surface area contributed by atoms with E-state index in [9.17, 15) is 9.59 Å². The second-order valence-corrected chi connectivity index (χ2v) is 7.70. The van der Waals surface area contributed by atoms with Gasteiger partial charge in [0.15, 0.2) is 0 Å². The number of aromatic nitrogens is 2. The standard InChI is InChI=1S/C19H25N5O3S/c1-13-6-8-14(9-7-13)21-16(25)18-23-22-17(28-18)15-5-3-11-24(15)19(26)20-10-4-12-27-2/h6-9,15H,3-5,10-12H2,1-2H3,(H,20,26)(H,21,25)/t15-/m0/s1. The van der Waals surface area contributed by atoms with E-state index in [1.165, 1.54) is 11.3 Å². The Bertz CT molecular complexity index is 808. The molecule has 8 nitrogen and oxygen atoms in total. The first-order valence-corrected chi connectivity index (χ1v) is 10.1. The molecule has 3 rings (SSSR count). The molecule has 2 N–H and O–H groups in total. The van der Waals surface area contributed by atoms with Gasteiger partial charge in [-0.25, -0.2) is 4.79 Å². The zero-order valence-corrected chi connectivity index (χ0v) is 16.9. The van der Waals surface area contributed by atoms with Crippen LogP contribution < -0.4 is 10.6 Å². The van der Waals surface area contributed by atoms with Gasteiger partial charge in [-0.15, -0.1) is 10.2 Å². The Labute approximate surface area is 168 Å². The van der Waals surface area contributed by atoms with Crippen LogP contribution in [0.25, 0.3) is 0 Å². The van der Waals surface area contributed by atoms with Gasteiger partial charge in [0.2, 0.25) is 5.01 Å². The van der Waals surface area contributed by atoms with Gasteiger partial charge in [0.25, 0.3) is 5.91 Å². The van der Waals surface area contributed by atoms with Crippen molar-refractivity contribution in [3.8, 4) is 0 Å². The Morgan fingerprint density at radius 1 is 1.29 bits per heavy atom. The number of amides is 3. The van der Waals surface area contributed by atoms with Crippen molar-refractivity contribution < 1.29 is 14.3 Å². The highest BCUT2D eigenvalue weighted by atomic mass is 32.1. The van der Waals surface area contributed by atoms with Gasteiger partial charge in [-0.05, 0) is 38.3 Å². The zero-order chi connectivity index (χ0) is 19.9. The van der Waals surface area contributed by atoms with Gasteiger partial charge in [0, 0.05) is 32.5 Å². The molecule has 150 valence electrons. The predicted molar refractivity (Wildman–Crippen MR) is 108 cm³/mol. The zero-order valence-electron chi connectivity index (χ0n) is 16.1. The maximum atomic E-state index is 12.5. The maximum absolute atomic E-state index is 12.5. The second kappa shape index (κ2) is 9.61. The SMILES string of the molecule is COCCCNC(=O)N1CCC[C@H]1c1nnc(C(=O)Nc2ccc(C)cc2)s1. The first kappa shape index (κ1) is 20.2. The van der Waals surface area contributed by atoms with E-state index in [0.717, 1.165) is 24.8 Å². The molecule has 1 fully saturated rings. The summed E-state index contributed by atoms with van der Waals surface area (Å²) in [4.78, 5) is 26.7. The van der Waals surface area contributed by atoms with E-state index in [-0.39, 0.29) is 18.0 Å². The number of hydrogen-bond acceptors (Lipinski definition) is 6. The summed E-state index contributed by atoms with van der Waals surface area (Å²) in [7, 11) is 1.64. The van der Waals surface area contributed by atoms with Crippen LogP contribution in [0, 0.1) is 6.92 Å². The average molecular weight is 404 g/mol. The van der Waals surface area contributed by atoms with Gasteiger partial charge >= 0.3 is 6.03 Å². The molecule has 2 aromatic rings. The third-order valence-electron chi connectivity index (χ3n) is 4.54. The van der Waals surface area contributed by atoms with Gasteiger partial charge in [-0.3, -0.25) is 4.79 Å². The molecule has 28 heavy (non-hydrogen) atoms. The van der Waals surface area contributed by atoms with E-state index in [2.05, 4.69) is 20.8 Å². The highest BCUT2D eigenvalue weighted by Crippen LogP contribution is 2.33. The topological polar surface area (TPSA) is 96.4 Å². The fourth-order valence-corrected chi connectivity index (χ4v) is 3.95. The summed E-state index contributed by atoms with van der Waals surface area (Å²) in [5.74, 6) is -0.291. The van der Waals surface area contributed by atoms with Crippen LogP contribution in [0.15, 0.2) is 24.3 Å². The summed E-state index contributed by atoms with van der Waals surface area (Å²) in [6.45, 7) is 3.84. The first-order valence-electron chi connectivity index (χ1n) is 9.33. The van der Waals surface area contributed by atoms with Crippen LogP contribution in [0.3, 0.4) is 0 Å². The summed E-state index contributed by atoms with van der Waals surface area (Å²) in [5.41, 5.74) is 1.84. The number of anilines is 1. The minimum absolute atomic E-state index is 0.112. The van der Waals surface area contributed by atoms with Gasteiger partial charge in [-0.2, -0.15) is 0 Å². The Morgan fingerprint density at radius 3 is 2.82 bits per heavy atom. The highest BCUT2D eigenvalue weighted by molar-refractivity contribution is 7.13. The minimum Gasteiger partial charge on any atom is -0.385 e. The molecule has 0 bridgehead atoms. The van der Waals surface area contributed by atoms with Gasteiger partial charge in [-0.1, -0.05) is 29.0 Å². The van der Waals surface area contributed by atoms with Crippen molar-refractivity contribution in [2.24, 2.45) is 0 Å². The monoisotopic (exact) mass is 403 g/mol. The number of urea groups is 1. The molecule has 1 aliphatic rings. The van der Waals surface area contributed by atoms with Crippen LogP contribution in [-0.2, 0) is 4.74 Å². The van der Waals surface area contributed by atoms with E-state index < -0.39 is 0 Å². The molecule has 9 heteroatoms. The number of hydrogen-bond donors (Lipinski definition) is 2. The Balaban J connectivity index is 1.60. The van der Waals surface area contributed by atoms with Crippen LogP contribution in [0.1, 0.15) is 45.7 Å². The van der Waals surface area contributed by atoms with Crippen LogP contribution in [0.5, 0.6) is 0 Å². The lowest BCUT2D eigenvalue weighted by Crippen LogP contribution is -2.40. The fraction of sp³-hybridized carbons (Fsp3) is 0.474. The molecule has 0 spiro atoms. The summed E-state index contributed by atoms with van der Waals surface area (Å²) in [6.07, 6.45) is 2.49. The summed E-state index contributed by atoms with van der Waals surface area (Å²) < 4.78 is 4.99. The van der Waals surface area contributed by atoms with E-state index in [1.807, 2.05) is 31.2 Å². The van der Waals surface area contributed by atoms with Crippen LogP contribution in [0.4, 0.5) is 10.5 Å². The minimum atomic E-state index is -0.291. The average Bonchev–Trinajstić information content (AvgIpc) is 3.36. The van der Waals surface area contributed by atoms with Crippen molar-refractivity contribution in [2.75, 3.05) is 32.1 Å². The number of nitrogens with one attached hydrogen (secondary N) is 2. The molecular weight excluding hydrogens is 378 g/mol. The number of methoxy groups -OCH3 is 1. The molecule has 1 saturated heterocycles. The molecule has 1 aromatic carbocycles. The number of likely N-dealkylation sites (tertiary alicyclic amines) is 1. The lowest BCUT2D eigenvalue weighted by molar-refractivity contribution is 0.102. The van der Waals surface area contributed by atoms with Crippen molar-refractivity contribution in [2.45, 2.75) is 32.2 Å². The number of nitrogens with zero attached hydrogens (tertiary/aromatic N) is 3. The molecule has 0 saturated carbocycles. The van der Waals surface area contributed by atoms with Gasteiger partial charge < -0.3 is 20.3 Å². The van der Waals surface area contributed by atoms with Crippen LogP contribution in [-0.4, -0.2) is 53.8 Å². The van der Waals surface area contributed by atoms with E-state index in [4.69, 9.17) is 4.74 Å². The summed E-state index contributed by atoms with van der Waals surface area (Å²) >= 11 is 1.24. The number of carbonyl (C=O) groups excluding carboxylic acids is 2. The largest absolute Gasteiger partial charge is 0.385 e. The van der Waals surface area contributed by atoms with Crippen molar-refractivity contribution in [1.29, 1.82) is 0 Å². The van der Waals surface area contributed by atoms with Crippen molar-refractivity contribution in [3.63, 3.8) is 0 Å². The first-order chi connectivity index (χ1) is 13.6. The number of rotatable bonds is 7. The highest BCUT2D eigenvalue weighted by Gasteiger charge is 2.33. The van der Waals surface area contributed by atoms with Gasteiger partial charge in [0.1, 0.15) is 5.01 Å². The number of aryl methyl sites for hydroxylation is 1. The Hall–Kier alpha value is -2.52. The van der Waals surface area contributed by atoms with Crippen molar-refractivity contribution in [3.05, 3.63) is 39.8 Å². The maximum Gasteiger partial charge on any atom is 0.317 e. The van der Waals surface area contributed by atoms with E-state index in [1.54, 1.807) is 12.0 Å². The molecule has 3 amide bonds. The predicted octanol–water partition coefficient (Wildman–Crippen LogP) is 2.98. The Morgan fingerprint density at radius 2 is 2.07 bits per heavy atom. The molecule has 1 aromatic heterocycles. The summed E-state index contributed by atoms with van der Waals surface area (Å²) in [6, 6.07) is 7.31. The van der Waals surface area contributed by atoms with E-state index in [0.29, 0.717) is 35.4 Å². The molecule has 0 aliphatic carbocycles. The van der Waals surface area contributed by atoms with Crippen molar-refractivity contribution in [1.82, 2.24) is 20.4 Å². The number of benzene rings is 1. The number of ether oxygens (including phenoxy) is 1. The third-order valence-corrected chi connectivity index (χ3v) is 5.57. The quantitative estimate of drug-likeness (QED) is 0.693. The molecule has 2 heterocycles. The van der Waals surface area contributed by atoms with E-state index >= 15 is 0 Å². The molecule has 1 aliphatic heterocycles. The second-order valence-electron chi connectivity index (χ2n) is 6.70. The van der Waals surface area contributed by atoms with Crippen LogP contribution in [0.2, 0.25) is 0 Å². The Kier molecular flexibility index (Phi) is 6.94. The van der Waals surface area contributed by atoms with Crippen LogP contribution >= 0.6 is 11.3 Å². The number of carbonyl (C=O) groups is 2. The molecular formula is C19H25N5O3S. The lowest BCUT2D eigenvalue weighted by atomic mass is 10.2. The molecule has 0 unspecified atom stereocenters. The normalized spacial score (nSPS) is 16.2. The third kappa shape index (κ3) is 5.05. The summed E-state index contributed by atoms with van der Waals surface area (Å²) in [5, 5.41) is 14.9. The molecule has 1 atom stereocenters. The van der Waals surface area contributed by atoms with Gasteiger partial charge in [0.05, 0.1) is 6.04 Å². The fourth-order valence-electron chi connectivity index (χ4n) is 3.06. The van der Waals surface area contributed by atoms with Crippen molar-refractivity contribution >= 4 is 29.0 Å². The lowest BCUT2D eigenvalue weighted by Gasteiger charge is -2.23. The molecule has 0 radical (unpaired) electrons.